The minimum Gasteiger partial charge on any atom is -0.385 e. The number of nitrogens with zero attached hydrogens (tertiary/aromatic N) is 4. The van der Waals surface area contributed by atoms with Crippen LogP contribution in [0, 0.1) is 0 Å². The van der Waals surface area contributed by atoms with Gasteiger partial charge in [0.1, 0.15) is 5.82 Å². The van der Waals surface area contributed by atoms with Gasteiger partial charge in [-0.3, -0.25) is 4.57 Å². The van der Waals surface area contributed by atoms with Gasteiger partial charge in [0.2, 0.25) is 0 Å². The lowest BCUT2D eigenvalue weighted by molar-refractivity contribution is 0.185. The van der Waals surface area contributed by atoms with Gasteiger partial charge < -0.3 is 15.0 Å². The van der Waals surface area contributed by atoms with E-state index in [-0.39, 0.29) is 11.7 Å². The zero-order valence-corrected chi connectivity index (χ0v) is 12.0. The Kier molecular flexibility index (Phi) is 4.78. The molecule has 112 valence electrons. The summed E-state index contributed by atoms with van der Waals surface area (Å²) < 4.78 is 7.91. The maximum Gasteiger partial charge on any atom is 0.345 e. The Balaban J connectivity index is 1.88. The summed E-state index contributed by atoms with van der Waals surface area (Å²) in [5.74, 6) is 0.743. The zero-order chi connectivity index (χ0) is 14.5. The van der Waals surface area contributed by atoms with Crippen molar-refractivity contribution < 1.29 is 9.53 Å². The van der Waals surface area contributed by atoms with E-state index in [9.17, 15) is 9.59 Å². The summed E-state index contributed by atoms with van der Waals surface area (Å²) in [6, 6.07) is -0.0938. The molecule has 2 rings (SSSR count). The zero-order valence-electron chi connectivity index (χ0n) is 12.0. The van der Waals surface area contributed by atoms with Crippen LogP contribution in [0.15, 0.2) is 4.79 Å². The van der Waals surface area contributed by atoms with Crippen LogP contribution in [0.3, 0.4) is 0 Å². The maximum absolute atomic E-state index is 12.0. The van der Waals surface area contributed by atoms with Crippen LogP contribution < -0.4 is 11.0 Å². The molecule has 1 aliphatic rings. The molecule has 1 aromatic rings. The molecule has 20 heavy (non-hydrogen) atoms. The van der Waals surface area contributed by atoms with Crippen molar-refractivity contribution in [1.29, 1.82) is 0 Å². The Labute approximate surface area is 117 Å². The lowest BCUT2D eigenvalue weighted by atomic mass is 10.4. The van der Waals surface area contributed by atoms with Gasteiger partial charge in [0.25, 0.3) is 0 Å². The summed E-state index contributed by atoms with van der Waals surface area (Å²) in [5.41, 5.74) is -0.123. The predicted molar refractivity (Wildman–Crippen MR) is 72.6 cm³/mol. The van der Waals surface area contributed by atoms with Crippen LogP contribution in [0.4, 0.5) is 4.79 Å². The molecule has 1 aromatic heterocycles. The minimum atomic E-state index is -0.123. The topological polar surface area (TPSA) is 81.4 Å². The number of fused-ring (bicyclic) bond motifs is 1. The van der Waals surface area contributed by atoms with Crippen molar-refractivity contribution in [2.24, 2.45) is 7.05 Å². The third-order valence-corrected chi connectivity index (χ3v) is 3.37. The molecule has 0 aliphatic carbocycles. The molecule has 8 nitrogen and oxygen atoms in total. The molecule has 0 unspecified atom stereocenters. The Morgan fingerprint density at radius 3 is 2.95 bits per heavy atom. The molecule has 8 heteroatoms. The first-order valence-corrected chi connectivity index (χ1v) is 6.78. The molecule has 0 spiro atoms. The number of carbonyl (C=O) groups excluding carboxylic acids is 1. The van der Waals surface area contributed by atoms with Crippen LogP contribution in [0.2, 0.25) is 0 Å². The second kappa shape index (κ2) is 6.56. The van der Waals surface area contributed by atoms with Crippen molar-refractivity contribution in [2.45, 2.75) is 19.4 Å². The van der Waals surface area contributed by atoms with Crippen LogP contribution in [0.1, 0.15) is 12.2 Å². The van der Waals surface area contributed by atoms with Crippen LogP contribution in [0.5, 0.6) is 0 Å². The fraction of sp³-hybridized carbons (Fsp3) is 0.750. The van der Waals surface area contributed by atoms with E-state index in [1.807, 2.05) is 0 Å². The number of rotatable bonds is 4. The number of amides is 2. The second-order valence-corrected chi connectivity index (χ2v) is 4.79. The fourth-order valence-electron chi connectivity index (χ4n) is 2.26. The van der Waals surface area contributed by atoms with E-state index < -0.39 is 0 Å². The highest BCUT2D eigenvalue weighted by atomic mass is 16.5. The highest BCUT2D eigenvalue weighted by Crippen LogP contribution is 2.04. The lowest BCUT2D eigenvalue weighted by Gasteiger charge is -2.20. The van der Waals surface area contributed by atoms with E-state index in [0.717, 1.165) is 12.2 Å². The molecular formula is C12H21N5O3. The third kappa shape index (κ3) is 3.19. The maximum atomic E-state index is 12.0. The summed E-state index contributed by atoms with van der Waals surface area (Å²) in [7, 11) is 3.28. The van der Waals surface area contributed by atoms with Crippen molar-refractivity contribution in [2.75, 3.05) is 33.4 Å². The van der Waals surface area contributed by atoms with Gasteiger partial charge in [-0.2, -0.15) is 5.10 Å². The van der Waals surface area contributed by atoms with Crippen molar-refractivity contribution in [3.8, 4) is 0 Å². The minimum absolute atomic E-state index is 0.0938. The first kappa shape index (κ1) is 14.6. The smallest absolute Gasteiger partial charge is 0.345 e. The van der Waals surface area contributed by atoms with Crippen molar-refractivity contribution in [1.82, 2.24) is 24.6 Å². The van der Waals surface area contributed by atoms with E-state index in [2.05, 4.69) is 10.4 Å². The average molecular weight is 283 g/mol. The molecule has 0 bridgehead atoms. The molecule has 1 aliphatic heterocycles. The summed E-state index contributed by atoms with van der Waals surface area (Å²) in [5, 5.41) is 7.04. The average Bonchev–Trinajstić information content (AvgIpc) is 2.62. The van der Waals surface area contributed by atoms with Crippen molar-refractivity contribution in [3.63, 3.8) is 0 Å². The van der Waals surface area contributed by atoms with Crippen molar-refractivity contribution in [3.05, 3.63) is 16.3 Å². The second-order valence-electron chi connectivity index (χ2n) is 4.79. The number of aryl methyl sites for hydroxylation is 1. The molecular weight excluding hydrogens is 262 g/mol. The van der Waals surface area contributed by atoms with Crippen LogP contribution in [0.25, 0.3) is 0 Å². The normalized spacial score (nSPS) is 14.8. The monoisotopic (exact) mass is 283 g/mol. The van der Waals surface area contributed by atoms with Gasteiger partial charge in [-0.25, -0.2) is 14.3 Å². The SMILES string of the molecule is COCCCNC(=O)N1CCc2nn(C)c(=O)n2CC1. The lowest BCUT2D eigenvalue weighted by Crippen LogP contribution is -2.42. The number of hydrogen-bond acceptors (Lipinski definition) is 4. The first-order valence-electron chi connectivity index (χ1n) is 6.78. The Hall–Kier alpha value is -1.83. The van der Waals surface area contributed by atoms with Gasteiger partial charge in [-0.15, -0.1) is 0 Å². The van der Waals surface area contributed by atoms with E-state index in [4.69, 9.17) is 4.74 Å². The predicted octanol–water partition coefficient (Wildman–Crippen LogP) is -0.814. The third-order valence-electron chi connectivity index (χ3n) is 3.37. The number of carbonyl (C=O) groups is 1. The van der Waals surface area contributed by atoms with Gasteiger partial charge in [-0.1, -0.05) is 0 Å². The standard InChI is InChI=1S/C12H21N5O3/c1-15-12(19)17-8-7-16(6-4-10(17)14-15)11(18)13-5-3-9-20-2/h3-9H2,1-2H3,(H,13,18). The van der Waals surface area contributed by atoms with Crippen LogP contribution >= 0.6 is 0 Å². The molecule has 0 saturated carbocycles. The van der Waals surface area contributed by atoms with Crippen LogP contribution in [-0.2, 0) is 24.8 Å². The highest BCUT2D eigenvalue weighted by molar-refractivity contribution is 5.74. The largest absolute Gasteiger partial charge is 0.385 e. The number of nitrogens with one attached hydrogen (secondary N) is 1. The molecule has 0 aromatic carbocycles. The van der Waals surface area contributed by atoms with Gasteiger partial charge in [0.05, 0.1) is 0 Å². The van der Waals surface area contributed by atoms with E-state index in [1.54, 1.807) is 23.6 Å². The number of urea groups is 1. The molecule has 2 heterocycles. The summed E-state index contributed by atoms with van der Waals surface area (Å²) in [6.07, 6.45) is 1.39. The number of aromatic nitrogens is 3. The van der Waals surface area contributed by atoms with E-state index in [1.165, 1.54) is 4.68 Å². The molecule has 0 radical (unpaired) electrons. The summed E-state index contributed by atoms with van der Waals surface area (Å²) in [4.78, 5) is 25.5. The molecule has 0 fully saturated rings. The van der Waals surface area contributed by atoms with Gasteiger partial charge >= 0.3 is 11.7 Å². The first-order chi connectivity index (χ1) is 9.63. The molecule has 1 N–H and O–H groups in total. The highest BCUT2D eigenvalue weighted by Gasteiger charge is 2.21. The quantitative estimate of drug-likeness (QED) is 0.733. The number of hydrogen-bond donors (Lipinski definition) is 1. The van der Waals surface area contributed by atoms with Crippen LogP contribution in [-0.4, -0.2) is 58.6 Å². The Morgan fingerprint density at radius 1 is 1.40 bits per heavy atom. The Bertz CT molecular complexity index is 522. The summed E-state index contributed by atoms with van der Waals surface area (Å²) in [6.45, 7) is 2.82. The molecule has 0 atom stereocenters. The number of ether oxygens (including phenoxy) is 1. The molecule has 0 saturated heterocycles. The van der Waals surface area contributed by atoms with Gasteiger partial charge in [0, 0.05) is 53.4 Å². The van der Waals surface area contributed by atoms with E-state index >= 15 is 0 Å². The van der Waals surface area contributed by atoms with Gasteiger partial charge in [-0.05, 0) is 6.42 Å². The van der Waals surface area contributed by atoms with Gasteiger partial charge in [0.15, 0.2) is 0 Å². The molecule has 2 amide bonds. The summed E-state index contributed by atoms with van der Waals surface area (Å²) >= 11 is 0. The van der Waals surface area contributed by atoms with E-state index in [0.29, 0.717) is 39.2 Å². The Morgan fingerprint density at radius 2 is 2.20 bits per heavy atom. The fourth-order valence-corrected chi connectivity index (χ4v) is 2.26. The number of methoxy groups -OCH3 is 1. The van der Waals surface area contributed by atoms with Crippen molar-refractivity contribution >= 4 is 6.03 Å².